The van der Waals surface area contributed by atoms with Crippen LogP contribution in [0.2, 0.25) is 0 Å². The molecule has 1 aliphatic rings. The van der Waals surface area contributed by atoms with E-state index >= 15 is 0 Å². The van der Waals surface area contributed by atoms with E-state index < -0.39 is 24.7 Å². The minimum atomic E-state index is -4.54. The summed E-state index contributed by atoms with van der Waals surface area (Å²) in [6.45, 7) is 0.679. The molecule has 0 aliphatic carbocycles. The molecule has 0 saturated carbocycles. The summed E-state index contributed by atoms with van der Waals surface area (Å²) >= 11 is 0. The fourth-order valence-corrected chi connectivity index (χ4v) is 2.72. The number of imide groups is 1. The summed E-state index contributed by atoms with van der Waals surface area (Å²) < 4.78 is 49.5. The first-order valence-electron chi connectivity index (χ1n) is 8.09. The zero-order chi connectivity index (χ0) is 19.2. The van der Waals surface area contributed by atoms with Crippen molar-refractivity contribution in [3.63, 3.8) is 0 Å². The SMILES string of the molecule is Cl.O=C(CCN1CCNCC1c1cccc(F)c1)NC(=O)NCC(F)(F)F. The van der Waals surface area contributed by atoms with Gasteiger partial charge < -0.3 is 10.6 Å². The molecule has 2 rings (SSSR count). The third-order valence-corrected chi connectivity index (χ3v) is 3.92. The lowest BCUT2D eigenvalue weighted by molar-refractivity contribution is -0.124. The minimum Gasteiger partial charge on any atom is -0.329 e. The van der Waals surface area contributed by atoms with Crippen LogP contribution in [0.3, 0.4) is 0 Å². The number of hydrogen-bond donors (Lipinski definition) is 3. The summed E-state index contributed by atoms with van der Waals surface area (Å²) in [6.07, 6.45) is -4.61. The minimum absolute atomic E-state index is 0. The van der Waals surface area contributed by atoms with Crippen molar-refractivity contribution in [2.24, 2.45) is 0 Å². The molecule has 1 saturated heterocycles. The van der Waals surface area contributed by atoms with Crippen molar-refractivity contribution in [3.8, 4) is 0 Å². The van der Waals surface area contributed by atoms with Crippen LogP contribution in [0.1, 0.15) is 18.0 Å². The Morgan fingerprint density at radius 2 is 2.04 bits per heavy atom. The molecule has 6 nitrogen and oxygen atoms in total. The van der Waals surface area contributed by atoms with Crippen molar-refractivity contribution in [1.29, 1.82) is 0 Å². The first-order chi connectivity index (χ1) is 12.2. The molecule has 1 heterocycles. The molecule has 1 atom stereocenters. The predicted octanol–water partition coefficient (Wildman–Crippen LogP) is 1.97. The van der Waals surface area contributed by atoms with Crippen LogP contribution >= 0.6 is 12.4 Å². The number of carbonyl (C=O) groups is 2. The van der Waals surface area contributed by atoms with Crippen LogP contribution in [-0.4, -0.2) is 55.7 Å². The Morgan fingerprint density at radius 1 is 1.30 bits per heavy atom. The van der Waals surface area contributed by atoms with Gasteiger partial charge in [-0.15, -0.1) is 12.4 Å². The number of hydrogen-bond acceptors (Lipinski definition) is 4. The van der Waals surface area contributed by atoms with Crippen molar-refractivity contribution < 1.29 is 27.2 Å². The summed E-state index contributed by atoms with van der Waals surface area (Å²) in [6, 6.07) is 4.85. The maximum atomic E-state index is 13.4. The Hall–Kier alpha value is -1.91. The molecular formula is C16H21ClF4N4O2. The maximum absolute atomic E-state index is 13.4. The number of amides is 3. The van der Waals surface area contributed by atoms with Gasteiger partial charge in [-0.25, -0.2) is 9.18 Å². The summed E-state index contributed by atoms with van der Waals surface area (Å²) in [5.41, 5.74) is 0.764. The van der Waals surface area contributed by atoms with Crippen LogP contribution in [0.5, 0.6) is 0 Å². The lowest BCUT2D eigenvalue weighted by Crippen LogP contribution is -2.48. The highest BCUT2D eigenvalue weighted by Gasteiger charge is 2.28. The van der Waals surface area contributed by atoms with Gasteiger partial charge in [-0.2, -0.15) is 13.2 Å². The smallest absolute Gasteiger partial charge is 0.329 e. The number of carbonyl (C=O) groups excluding carboxylic acids is 2. The van der Waals surface area contributed by atoms with Crippen LogP contribution in [0, 0.1) is 5.82 Å². The van der Waals surface area contributed by atoms with Crippen LogP contribution in [-0.2, 0) is 4.79 Å². The topological polar surface area (TPSA) is 73.5 Å². The van der Waals surface area contributed by atoms with Gasteiger partial charge in [-0.1, -0.05) is 12.1 Å². The van der Waals surface area contributed by atoms with E-state index in [-0.39, 0.29) is 30.7 Å². The number of nitrogens with one attached hydrogen (secondary N) is 3. The molecule has 0 radical (unpaired) electrons. The Morgan fingerprint density at radius 3 is 2.70 bits per heavy atom. The monoisotopic (exact) mass is 412 g/mol. The number of halogens is 5. The van der Waals surface area contributed by atoms with Crippen molar-refractivity contribution in [3.05, 3.63) is 35.6 Å². The molecule has 0 bridgehead atoms. The van der Waals surface area contributed by atoms with E-state index in [2.05, 4.69) is 5.32 Å². The normalized spacial score (nSPS) is 17.7. The lowest BCUT2D eigenvalue weighted by Gasteiger charge is -2.36. The summed E-state index contributed by atoms with van der Waals surface area (Å²) in [5, 5.41) is 6.63. The van der Waals surface area contributed by atoms with Crippen LogP contribution in [0.25, 0.3) is 0 Å². The molecular weight excluding hydrogens is 392 g/mol. The Kier molecular flexibility index (Phi) is 8.94. The molecule has 0 spiro atoms. The van der Waals surface area contributed by atoms with Gasteiger partial charge in [0.25, 0.3) is 0 Å². The highest BCUT2D eigenvalue weighted by Crippen LogP contribution is 2.22. The molecule has 1 aromatic rings. The van der Waals surface area contributed by atoms with Gasteiger partial charge in [-0.3, -0.25) is 15.0 Å². The standard InChI is InChI=1S/C16H20F4N4O2.ClH/c17-12-3-1-2-11(8-12)13-9-21-5-7-24(13)6-4-14(25)23-15(26)22-10-16(18,19)20;/h1-3,8,13,21H,4-7,9-10H2,(H2,22,23,25,26);1H. The molecule has 152 valence electrons. The Bertz CT molecular complexity index is 645. The van der Waals surface area contributed by atoms with Crippen LogP contribution < -0.4 is 16.0 Å². The fraction of sp³-hybridized carbons (Fsp3) is 0.500. The second-order valence-corrected chi connectivity index (χ2v) is 5.91. The van der Waals surface area contributed by atoms with Gasteiger partial charge in [0.15, 0.2) is 0 Å². The largest absolute Gasteiger partial charge is 0.405 e. The molecule has 1 unspecified atom stereocenters. The van der Waals surface area contributed by atoms with Crippen LogP contribution in [0.15, 0.2) is 24.3 Å². The third kappa shape index (κ3) is 8.10. The molecule has 1 fully saturated rings. The average Bonchev–Trinajstić information content (AvgIpc) is 2.58. The van der Waals surface area contributed by atoms with E-state index in [9.17, 15) is 27.2 Å². The van der Waals surface area contributed by atoms with Gasteiger partial charge >= 0.3 is 12.2 Å². The van der Waals surface area contributed by atoms with Gasteiger partial charge in [0.1, 0.15) is 12.4 Å². The number of alkyl halides is 3. The van der Waals surface area contributed by atoms with Gasteiger partial charge in [0.05, 0.1) is 0 Å². The fourth-order valence-electron chi connectivity index (χ4n) is 2.72. The third-order valence-electron chi connectivity index (χ3n) is 3.92. The van der Waals surface area contributed by atoms with Gasteiger partial charge in [0.2, 0.25) is 5.91 Å². The first kappa shape index (κ1) is 23.1. The first-order valence-corrected chi connectivity index (χ1v) is 8.09. The zero-order valence-electron chi connectivity index (χ0n) is 14.3. The summed E-state index contributed by atoms with van der Waals surface area (Å²) in [5.74, 6) is -1.03. The molecule has 11 heteroatoms. The Balaban J connectivity index is 0.00000364. The molecule has 0 aromatic heterocycles. The molecule has 3 N–H and O–H groups in total. The lowest BCUT2D eigenvalue weighted by atomic mass is 10.0. The second-order valence-electron chi connectivity index (χ2n) is 5.91. The van der Waals surface area contributed by atoms with Crippen molar-refractivity contribution in [2.75, 3.05) is 32.7 Å². The summed E-state index contributed by atoms with van der Waals surface area (Å²) in [7, 11) is 0. The molecule has 1 aromatic carbocycles. The van der Waals surface area contributed by atoms with Crippen molar-refractivity contribution >= 4 is 24.3 Å². The predicted molar refractivity (Wildman–Crippen MR) is 93.0 cm³/mol. The van der Waals surface area contributed by atoms with Crippen molar-refractivity contribution in [1.82, 2.24) is 20.9 Å². The summed E-state index contributed by atoms with van der Waals surface area (Å²) in [4.78, 5) is 25.0. The number of urea groups is 1. The Labute approximate surface area is 160 Å². The van der Waals surface area contributed by atoms with E-state index in [0.29, 0.717) is 26.2 Å². The average molecular weight is 413 g/mol. The highest BCUT2D eigenvalue weighted by molar-refractivity contribution is 5.94. The molecule has 27 heavy (non-hydrogen) atoms. The van der Waals surface area contributed by atoms with E-state index in [1.54, 1.807) is 17.4 Å². The number of rotatable bonds is 5. The zero-order valence-corrected chi connectivity index (χ0v) is 15.1. The van der Waals surface area contributed by atoms with E-state index in [0.717, 1.165) is 5.56 Å². The van der Waals surface area contributed by atoms with Gasteiger partial charge in [-0.05, 0) is 17.7 Å². The molecule has 1 aliphatic heterocycles. The number of benzene rings is 1. The van der Waals surface area contributed by atoms with Gasteiger partial charge in [0, 0.05) is 38.6 Å². The van der Waals surface area contributed by atoms with E-state index in [1.165, 1.54) is 12.1 Å². The highest BCUT2D eigenvalue weighted by atomic mass is 35.5. The number of nitrogens with zero attached hydrogens (tertiary/aromatic N) is 1. The van der Waals surface area contributed by atoms with Crippen LogP contribution in [0.4, 0.5) is 22.4 Å². The quantitative estimate of drug-likeness (QED) is 0.647. The molecule has 3 amide bonds. The van der Waals surface area contributed by atoms with E-state index in [4.69, 9.17) is 0 Å². The maximum Gasteiger partial charge on any atom is 0.405 e. The van der Waals surface area contributed by atoms with E-state index in [1.807, 2.05) is 10.2 Å². The number of piperazine rings is 1. The van der Waals surface area contributed by atoms with Crippen molar-refractivity contribution in [2.45, 2.75) is 18.6 Å². The second kappa shape index (κ2) is 10.4.